The first-order valence-electron chi connectivity index (χ1n) is 26.6. The molecule has 26 atom stereocenters. The summed E-state index contributed by atoms with van der Waals surface area (Å²) in [4.78, 5) is 26.5. The van der Waals surface area contributed by atoms with E-state index < -0.39 is 165 Å². The molecule has 9 rings (SSSR count). The maximum absolute atomic E-state index is 13.3. The molecule has 0 aromatic rings. The molecule has 22 heteroatoms. The number of allylic oxidation sites excluding steroid dienone is 2. The number of rotatable bonds is 12. The van der Waals surface area contributed by atoms with E-state index in [0.29, 0.717) is 25.7 Å². The third-order valence-electron chi connectivity index (χ3n) is 20.7. The van der Waals surface area contributed by atoms with Gasteiger partial charge in [-0.15, -0.1) is 0 Å². The minimum Gasteiger partial charge on any atom is -0.481 e. The van der Waals surface area contributed by atoms with Crippen molar-refractivity contribution in [2.24, 2.45) is 50.2 Å². The summed E-state index contributed by atoms with van der Waals surface area (Å²) in [6, 6.07) is 0. The smallest absolute Gasteiger partial charge is 0.310 e. The summed E-state index contributed by atoms with van der Waals surface area (Å²) in [5.41, 5.74) is -1.48. The normalized spacial score (nSPS) is 53.0. The molecule has 0 aromatic heterocycles. The van der Waals surface area contributed by atoms with Gasteiger partial charge in [-0.25, -0.2) is 0 Å². The Bertz CT molecular complexity index is 2090. The Morgan fingerprint density at radius 3 is 1.82 bits per heavy atom. The molecular weight excluding hydrogens is 977 g/mol. The zero-order valence-electron chi connectivity index (χ0n) is 43.4. The molecule has 0 amide bonds. The van der Waals surface area contributed by atoms with Crippen LogP contribution in [0.1, 0.15) is 106 Å². The van der Waals surface area contributed by atoms with Crippen LogP contribution in [0.5, 0.6) is 0 Å². The van der Waals surface area contributed by atoms with Crippen molar-refractivity contribution in [3.63, 3.8) is 0 Å². The zero-order chi connectivity index (χ0) is 54.0. The number of aliphatic hydroxyl groups is 11. The van der Waals surface area contributed by atoms with Crippen LogP contribution >= 0.6 is 0 Å². The second-order valence-corrected chi connectivity index (χ2v) is 25.2. The number of ketones is 1. The van der Waals surface area contributed by atoms with Crippen LogP contribution in [0.15, 0.2) is 11.6 Å². The second kappa shape index (κ2) is 20.3. The monoisotopic (exact) mass is 1060 g/mol. The van der Waals surface area contributed by atoms with Gasteiger partial charge in [-0.1, -0.05) is 60.1 Å². The highest BCUT2D eigenvalue weighted by Gasteiger charge is 2.70. The largest absolute Gasteiger partial charge is 0.481 e. The number of hydrogen-bond acceptors (Lipinski definition) is 21. The minimum absolute atomic E-state index is 0.0239. The Balaban J connectivity index is 0.823. The van der Waals surface area contributed by atoms with Crippen LogP contribution in [-0.4, -0.2) is 216 Å². The van der Waals surface area contributed by atoms with Crippen LogP contribution in [-0.2, 0) is 47.5 Å². The van der Waals surface area contributed by atoms with Crippen LogP contribution < -0.4 is 0 Å². The molecule has 0 aromatic carbocycles. The van der Waals surface area contributed by atoms with E-state index in [2.05, 4.69) is 40.7 Å². The molecule has 4 saturated carbocycles. The number of carbonyl (C=O) groups is 2. The van der Waals surface area contributed by atoms with E-state index in [9.17, 15) is 70.9 Å². The number of carboxylic acids is 1. The molecule has 22 nitrogen and oxygen atoms in total. The first kappa shape index (κ1) is 56.8. The standard InChI is InChI=1S/C52H82O22/c1-47(2)16-23-22-8-9-29-49(5)12-11-31(48(3,4)28(49)10-13-51(29,7)50(22,6)14-15-52(23,46(65)66)17-30(47)56)72-43-38(63)35(60)40(25(19-54)69-43)73-42-36(61)33(58)27(21-67-42)71-45-39(64)41(26(20-55)70-45)74-44-37(62)34(59)32(57)24(18-53)68-44/h8,23-29,31-45,53-55,57-64H,9-21H2,1-7H3,(H,65,66). The third-order valence-corrected chi connectivity index (χ3v) is 20.7. The van der Waals surface area contributed by atoms with E-state index >= 15 is 0 Å². The molecule has 8 fully saturated rings. The molecule has 9 aliphatic rings. The maximum Gasteiger partial charge on any atom is 0.310 e. The van der Waals surface area contributed by atoms with Crippen molar-refractivity contribution in [2.75, 3.05) is 26.4 Å². The average Bonchev–Trinajstić information content (AvgIpc) is 3.64. The molecular formula is C52H82O22. The number of ether oxygens (including phenoxy) is 8. The van der Waals surface area contributed by atoms with E-state index in [1.54, 1.807) is 0 Å². The fraction of sp³-hybridized carbons (Fsp3) is 0.923. The maximum atomic E-state index is 13.3. The Morgan fingerprint density at radius 1 is 0.622 bits per heavy atom. The van der Waals surface area contributed by atoms with Crippen LogP contribution in [0.3, 0.4) is 0 Å². The number of aliphatic hydroxyl groups excluding tert-OH is 11. The van der Waals surface area contributed by atoms with E-state index in [1.807, 2.05) is 13.8 Å². The lowest BCUT2D eigenvalue weighted by Crippen LogP contribution is -2.66. The van der Waals surface area contributed by atoms with Gasteiger partial charge in [0, 0.05) is 11.8 Å². The summed E-state index contributed by atoms with van der Waals surface area (Å²) >= 11 is 0. The van der Waals surface area contributed by atoms with Gasteiger partial charge in [-0.2, -0.15) is 0 Å². The molecule has 0 bridgehead atoms. The van der Waals surface area contributed by atoms with Crippen LogP contribution in [0.4, 0.5) is 0 Å². The lowest BCUT2D eigenvalue weighted by Gasteiger charge is -2.71. The molecule has 0 spiro atoms. The number of hydrogen-bond donors (Lipinski definition) is 12. The van der Waals surface area contributed by atoms with Crippen LogP contribution in [0, 0.1) is 50.2 Å². The van der Waals surface area contributed by atoms with E-state index in [4.69, 9.17) is 37.9 Å². The highest BCUT2D eigenvalue weighted by Crippen LogP contribution is 2.76. The van der Waals surface area contributed by atoms with E-state index in [0.717, 1.165) is 25.7 Å². The van der Waals surface area contributed by atoms with E-state index in [-0.39, 0.29) is 46.2 Å². The lowest BCUT2D eigenvalue weighted by atomic mass is 9.33. The van der Waals surface area contributed by atoms with Crippen molar-refractivity contribution in [3.05, 3.63) is 11.6 Å². The molecule has 74 heavy (non-hydrogen) atoms. The van der Waals surface area contributed by atoms with Gasteiger partial charge in [0.1, 0.15) is 91.2 Å². The number of fused-ring (bicyclic) bond motifs is 7. The summed E-state index contributed by atoms with van der Waals surface area (Å²) in [6.07, 6.45) is -21.0. The Morgan fingerprint density at radius 2 is 1.19 bits per heavy atom. The quantitative estimate of drug-likeness (QED) is 0.0823. The Hall–Kier alpha value is -1.88. The molecule has 26 unspecified atom stereocenters. The van der Waals surface area contributed by atoms with Gasteiger partial charge in [0.15, 0.2) is 25.2 Å². The molecule has 12 N–H and O–H groups in total. The third kappa shape index (κ3) is 8.89. The summed E-state index contributed by atoms with van der Waals surface area (Å²) in [5.74, 6) is -0.622. The van der Waals surface area contributed by atoms with Crippen LogP contribution in [0.2, 0.25) is 0 Å². The predicted octanol–water partition coefficient (Wildman–Crippen LogP) is -1.01. The van der Waals surface area contributed by atoms with Crippen molar-refractivity contribution in [1.29, 1.82) is 0 Å². The van der Waals surface area contributed by atoms with Gasteiger partial charge in [-0.05, 0) is 90.8 Å². The number of aliphatic carboxylic acids is 1. The molecule has 422 valence electrons. The predicted molar refractivity (Wildman–Crippen MR) is 252 cm³/mol. The SMILES string of the molecule is CC1(C)CC2C3=CCC4C5(C)CCC(OC6OC(CO)C(OC7OCC(OC8OC(CO)C(OC9OC(CO)C(O)C(O)C9O)C8O)C(O)C7O)C(O)C6O)C(C)(C)C5CCC4(C)C3(C)CCC2(C(=O)O)CC1=O. The number of carbonyl (C=O) groups excluding carboxylic acids is 1. The first-order valence-corrected chi connectivity index (χ1v) is 26.6. The summed E-state index contributed by atoms with van der Waals surface area (Å²) in [7, 11) is 0. The second-order valence-electron chi connectivity index (χ2n) is 25.2. The van der Waals surface area contributed by atoms with Crippen molar-refractivity contribution in [1.82, 2.24) is 0 Å². The van der Waals surface area contributed by atoms with E-state index in [1.165, 1.54) is 5.57 Å². The zero-order valence-corrected chi connectivity index (χ0v) is 43.4. The highest BCUT2D eigenvalue weighted by atomic mass is 16.8. The molecule has 5 aliphatic carbocycles. The van der Waals surface area contributed by atoms with Gasteiger partial charge < -0.3 is 99.2 Å². The molecule has 4 heterocycles. The Kier molecular flexibility index (Phi) is 15.6. The van der Waals surface area contributed by atoms with Crippen molar-refractivity contribution in [2.45, 2.75) is 223 Å². The highest BCUT2D eigenvalue weighted by molar-refractivity contribution is 5.92. The average molecular weight is 1060 g/mol. The summed E-state index contributed by atoms with van der Waals surface area (Å²) in [5, 5.41) is 128. The number of Topliss-reactive ketones (excluding diaryl/α,β-unsaturated/α-hetero) is 1. The van der Waals surface area contributed by atoms with Gasteiger partial charge >= 0.3 is 5.97 Å². The fourth-order valence-corrected chi connectivity index (χ4v) is 16.0. The minimum atomic E-state index is -1.87. The topological polar surface area (TPSA) is 351 Å². The number of carboxylic acid groups (broad SMARTS) is 1. The molecule has 4 aliphatic heterocycles. The van der Waals surface area contributed by atoms with Gasteiger partial charge in [0.05, 0.1) is 37.9 Å². The van der Waals surface area contributed by atoms with Crippen molar-refractivity contribution in [3.8, 4) is 0 Å². The van der Waals surface area contributed by atoms with Gasteiger partial charge in [0.25, 0.3) is 0 Å². The fourth-order valence-electron chi connectivity index (χ4n) is 16.0. The van der Waals surface area contributed by atoms with Crippen LogP contribution in [0.25, 0.3) is 0 Å². The molecule has 4 saturated heterocycles. The lowest BCUT2D eigenvalue weighted by molar-refractivity contribution is -0.365. The first-order chi connectivity index (χ1) is 34.6. The summed E-state index contributed by atoms with van der Waals surface area (Å²) in [6.45, 7) is 12.7. The van der Waals surface area contributed by atoms with Crippen molar-refractivity contribution < 1.29 is 109 Å². The summed E-state index contributed by atoms with van der Waals surface area (Å²) < 4.78 is 46.9. The van der Waals surface area contributed by atoms with Gasteiger partial charge in [-0.3, -0.25) is 9.59 Å². The Labute approximate surface area is 430 Å². The molecule has 0 radical (unpaired) electrons. The van der Waals surface area contributed by atoms with Crippen molar-refractivity contribution >= 4 is 11.8 Å². The van der Waals surface area contributed by atoms with Gasteiger partial charge in [0.2, 0.25) is 0 Å².